The highest BCUT2D eigenvalue weighted by atomic mass is 31.2. The Morgan fingerprint density at radius 3 is 2.60 bits per heavy atom. The van der Waals surface area contributed by atoms with Gasteiger partial charge in [-0.1, -0.05) is 6.92 Å². The molecule has 0 aliphatic rings. The Morgan fingerprint density at radius 1 is 1.60 bits per heavy atom. The molecule has 1 rings (SSSR count). The van der Waals surface area contributed by atoms with Crippen molar-refractivity contribution in [3.05, 3.63) is 5.82 Å². The highest BCUT2D eigenvalue weighted by Crippen LogP contribution is 2.05. The van der Waals surface area contributed by atoms with Crippen molar-refractivity contribution < 1.29 is 9.79 Å². The predicted molar refractivity (Wildman–Crippen MR) is 53.0 cm³/mol. The first-order valence-electron chi connectivity index (χ1n) is 4.16. The summed E-state index contributed by atoms with van der Waals surface area (Å²) in [6.07, 6.45) is 1.21. The molecule has 8 nitrogen and oxygen atoms in total. The zero-order valence-corrected chi connectivity index (χ0v) is 9.17. The van der Waals surface area contributed by atoms with Crippen LogP contribution in [0.2, 0.25) is 0 Å². The average Bonchev–Trinajstić information content (AvgIpc) is 2.61. The van der Waals surface area contributed by atoms with E-state index in [9.17, 15) is 0 Å². The van der Waals surface area contributed by atoms with E-state index in [1.165, 1.54) is 4.80 Å². The maximum atomic E-state index is 8.25. The molecule has 0 aliphatic carbocycles. The summed E-state index contributed by atoms with van der Waals surface area (Å²) >= 11 is 0. The molecular formula is C6H13N6O2P. The van der Waals surface area contributed by atoms with Crippen LogP contribution >= 0.6 is 8.53 Å². The van der Waals surface area contributed by atoms with Crippen LogP contribution in [-0.2, 0) is 13.0 Å². The lowest BCUT2D eigenvalue weighted by Crippen LogP contribution is -2.01. The third kappa shape index (κ3) is 7.90. The van der Waals surface area contributed by atoms with E-state index in [2.05, 4.69) is 20.9 Å². The Hall–Kier alpha value is -1.13. The number of nitriles is 1. The van der Waals surface area contributed by atoms with Crippen LogP contribution in [0.5, 0.6) is 0 Å². The second-order valence-electron chi connectivity index (χ2n) is 2.38. The smallest absolute Gasteiger partial charge is 0.247 e. The largest absolute Gasteiger partial charge is 0.338 e. The molecule has 0 fully saturated rings. The number of aryl methyl sites for hydroxylation is 2. The zero-order chi connectivity index (χ0) is 11.7. The van der Waals surface area contributed by atoms with Crippen molar-refractivity contribution in [2.45, 2.75) is 26.3 Å². The quantitative estimate of drug-likeness (QED) is 0.587. The van der Waals surface area contributed by atoms with E-state index >= 15 is 0 Å². The molecule has 1 heterocycles. The molecule has 4 N–H and O–H groups in total. The van der Waals surface area contributed by atoms with Crippen LogP contribution < -0.4 is 5.50 Å². The van der Waals surface area contributed by atoms with E-state index < -0.39 is 8.53 Å². The van der Waals surface area contributed by atoms with Gasteiger partial charge in [0, 0.05) is 6.42 Å². The van der Waals surface area contributed by atoms with Gasteiger partial charge in [-0.25, -0.2) is 0 Å². The Kier molecular flexibility index (Phi) is 7.58. The van der Waals surface area contributed by atoms with Gasteiger partial charge < -0.3 is 9.79 Å². The van der Waals surface area contributed by atoms with Gasteiger partial charge in [-0.2, -0.15) is 10.1 Å². The number of nitrogens with two attached hydrogens (primary N) is 1. The van der Waals surface area contributed by atoms with E-state index in [0.717, 1.165) is 12.2 Å². The first-order chi connectivity index (χ1) is 7.10. The summed E-state index contributed by atoms with van der Waals surface area (Å²) in [6, 6.07) is 2.01. The highest BCUT2D eigenvalue weighted by Gasteiger charge is 1.97. The molecule has 0 amide bonds. The van der Waals surface area contributed by atoms with Gasteiger partial charge >= 0.3 is 0 Å². The monoisotopic (exact) mass is 232 g/mol. The van der Waals surface area contributed by atoms with Gasteiger partial charge in [0.1, 0.15) is 0 Å². The van der Waals surface area contributed by atoms with Crippen LogP contribution in [0.15, 0.2) is 0 Å². The van der Waals surface area contributed by atoms with Gasteiger partial charge in [0.05, 0.1) is 19.0 Å². The van der Waals surface area contributed by atoms with Crippen molar-refractivity contribution in [2.75, 3.05) is 0 Å². The third-order valence-corrected chi connectivity index (χ3v) is 1.23. The van der Waals surface area contributed by atoms with Gasteiger partial charge in [-0.05, 0) is 5.21 Å². The van der Waals surface area contributed by atoms with Crippen LogP contribution in [0.4, 0.5) is 0 Å². The SMILES string of the molecule is CCc1nnn(CCC#N)n1.NP(O)O. The summed E-state index contributed by atoms with van der Waals surface area (Å²) in [7, 11) is -2.12. The lowest BCUT2D eigenvalue weighted by Gasteiger charge is -1.88. The molecule has 0 bridgehead atoms. The average molecular weight is 232 g/mol. The first-order valence-corrected chi connectivity index (χ1v) is 5.48. The fraction of sp³-hybridized carbons (Fsp3) is 0.667. The number of aromatic nitrogens is 4. The molecule has 0 radical (unpaired) electrons. The van der Waals surface area contributed by atoms with Gasteiger partial charge in [0.25, 0.3) is 0 Å². The molecule has 9 heteroatoms. The second kappa shape index (κ2) is 8.20. The van der Waals surface area contributed by atoms with E-state index in [4.69, 9.17) is 15.0 Å². The van der Waals surface area contributed by atoms with Crippen LogP contribution in [0, 0.1) is 11.3 Å². The number of rotatable bonds is 3. The topological polar surface area (TPSA) is 134 Å². The Labute approximate surface area is 88.3 Å². The van der Waals surface area contributed by atoms with Gasteiger partial charge in [-0.3, -0.25) is 5.50 Å². The van der Waals surface area contributed by atoms with E-state index in [0.29, 0.717) is 13.0 Å². The van der Waals surface area contributed by atoms with Crippen LogP contribution in [0.25, 0.3) is 0 Å². The molecule has 0 aliphatic heterocycles. The Balaban J connectivity index is 0.000000423. The molecule has 15 heavy (non-hydrogen) atoms. The van der Waals surface area contributed by atoms with Gasteiger partial charge in [-0.15, -0.1) is 10.2 Å². The van der Waals surface area contributed by atoms with Crippen LogP contribution in [-0.4, -0.2) is 30.0 Å². The third-order valence-electron chi connectivity index (χ3n) is 1.23. The fourth-order valence-electron chi connectivity index (χ4n) is 0.663. The lowest BCUT2D eigenvalue weighted by atomic mass is 10.5. The van der Waals surface area contributed by atoms with Crippen molar-refractivity contribution in [3.8, 4) is 6.07 Å². The number of hydrogen-bond donors (Lipinski definition) is 3. The molecular weight excluding hydrogens is 219 g/mol. The molecule has 84 valence electrons. The lowest BCUT2D eigenvalue weighted by molar-refractivity contribution is 0.485. The molecule has 1 aromatic rings. The normalized spacial score (nSPS) is 9.33. The van der Waals surface area contributed by atoms with Gasteiger partial charge in [0.15, 0.2) is 5.82 Å². The summed E-state index contributed by atoms with van der Waals surface area (Å²) in [4.78, 5) is 16.4. The minimum absolute atomic E-state index is 0.430. The Morgan fingerprint density at radius 2 is 2.20 bits per heavy atom. The fourth-order valence-corrected chi connectivity index (χ4v) is 0.663. The second-order valence-corrected chi connectivity index (χ2v) is 3.02. The van der Waals surface area contributed by atoms with E-state index in [1.54, 1.807) is 0 Å². The van der Waals surface area contributed by atoms with Crippen LogP contribution in [0.1, 0.15) is 19.2 Å². The predicted octanol–water partition coefficient (Wildman–Crippen LogP) is -0.694. The molecule has 1 aromatic heterocycles. The number of nitrogens with zero attached hydrogens (tertiary/aromatic N) is 5. The molecule has 0 saturated carbocycles. The zero-order valence-electron chi connectivity index (χ0n) is 8.28. The molecule has 0 unspecified atom stereocenters. The summed E-state index contributed by atoms with van der Waals surface area (Å²) in [5.74, 6) is 0.725. The molecule has 0 saturated heterocycles. The van der Waals surface area contributed by atoms with E-state index in [-0.39, 0.29) is 0 Å². The van der Waals surface area contributed by atoms with Crippen LogP contribution in [0.3, 0.4) is 0 Å². The minimum atomic E-state index is -2.12. The standard InChI is InChI=1S/C6H9N5.H4NO2P/c1-2-6-8-10-11(9-6)5-3-4-7;1-4(2)3/h2-3,5H2,1H3;2-3H,1H2. The molecule has 0 spiro atoms. The van der Waals surface area contributed by atoms with E-state index in [1.807, 2.05) is 13.0 Å². The summed E-state index contributed by atoms with van der Waals surface area (Å²) < 4.78 is 0. The van der Waals surface area contributed by atoms with Crippen molar-refractivity contribution >= 4 is 8.53 Å². The molecule has 0 aromatic carbocycles. The Bertz CT molecular complexity index is 306. The van der Waals surface area contributed by atoms with Crippen molar-refractivity contribution in [1.29, 1.82) is 5.26 Å². The number of tetrazole rings is 1. The van der Waals surface area contributed by atoms with Crippen molar-refractivity contribution in [2.24, 2.45) is 5.50 Å². The maximum absolute atomic E-state index is 8.25. The molecule has 0 atom stereocenters. The summed E-state index contributed by atoms with van der Waals surface area (Å²) in [6.45, 7) is 2.50. The number of hydrogen-bond acceptors (Lipinski definition) is 7. The van der Waals surface area contributed by atoms with Crippen molar-refractivity contribution in [1.82, 2.24) is 20.2 Å². The maximum Gasteiger partial charge on any atom is 0.247 e. The highest BCUT2D eigenvalue weighted by molar-refractivity contribution is 7.42. The minimum Gasteiger partial charge on any atom is -0.338 e. The van der Waals surface area contributed by atoms with Gasteiger partial charge in [0.2, 0.25) is 8.53 Å². The summed E-state index contributed by atoms with van der Waals surface area (Å²) in [5, 5.41) is 19.8. The first kappa shape index (κ1) is 13.9. The van der Waals surface area contributed by atoms with Crippen molar-refractivity contribution in [3.63, 3.8) is 0 Å². The summed E-state index contributed by atoms with van der Waals surface area (Å²) in [5.41, 5.74) is 4.29.